The van der Waals surface area contributed by atoms with E-state index in [9.17, 15) is 4.79 Å². The summed E-state index contributed by atoms with van der Waals surface area (Å²) in [6, 6.07) is 0. The monoisotopic (exact) mass is 215 g/mol. The SMILES string of the molecule is O=C(O)CCCCNCC1CCCOC1. The van der Waals surface area contributed by atoms with E-state index in [0.717, 1.165) is 39.1 Å². The third-order valence-corrected chi connectivity index (χ3v) is 2.68. The van der Waals surface area contributed by atoms with Crippen molar-refractivity contribution >= 4 is 5.97 Å². The lowest BCUT2D eigenvalue weighted by molar-refractivity contribution is -0.137. The van der Waals surface area contributed by atoms with E-state index in [1.165, 1.54) is 12.8 Å². The maximum atomic E-state index is 10.2. The van der Waals surface area contributed by atoms with Crippen LogP contribution in [0.3, 0.4) is 0 Å². The average molecular weight is 215 g/mol. The zero-order valence-corrected chi connectivity index (χ0v) is 9.21. The molecule has 0 aliphatic carbocycles. The second kappa shape index (κ2) is 7.65. The molecule has 1 aliphatic rings. The number of carboxylic acid groups (broad SMARTS) is 1. The summed E-state index contributed by atoms with van der Waals surface area (Å²) in [6.45, 7) is 3.72. The maximum absolute atomic E-state index is 10.2. The first kappa shape index (κ1) is 12.5. The van der Waals surface area contributed by atoms with Crippen LogP contribution in [0.2, 0.25) is 0 Å². The molecule has 4 nitrogen and oxygen atoms in total. The number of ether oxygens (including phenoxy) is 1. The van der Waals surface area contributed by atoms with Gasteiger partial charge in [-0.15, -0.1) is 0 Å². The van der Waals surface area contributed by atoms with Crippen molar-refractivity contribution in [3.05, 3.63) is 0 Å². The Morgan fingerprint density at radius 2 is 2.33 bits per heavy atom. The Morgan fingerprint density at radius 3 is 3.00 bits per heavy atom. The summed E-state index contributed by atoms with van der Waals surface area (Å²) < 4.78 is 5.37. The number of hydrogen-bond donors (Lipinski definition) is 2. The van der Waals surface area contributed by atoms with Gasteiger partial charge in [-0.05, 0) is 38.1 Å². The predicted octanol–water partition coefficient (Wildman–Crippen LogP) is 1.26. The molecule has 0 bridgehead atoms. The molecule has 1 saturated heterocycles. The van der Waals surface area contributed by atoms with Crippen molar-refractivity contribution in [1.82, 2.24) is 5.32 Å². The van der Waals surface area contributed by atoms with Crippen molar-refractivity contribution in [3.63, 3.8) is 0 Å². The smallest absolute Gasteiger partial charge is 0.303 e. The van der Waals surface area contributed by atoms with Crippen LogP contribution in [-0.4, -0.2) is 37.4 Å². The average Bonchev–Trinajstić information content (AvgIpc) is 2.24. The fourth-order valence-corrected chi connectivity index (χ4v) is 1.80. The van der Waals surface area contributed by atoms with E-state index in [4.69, 9.17) is 9.84 Å². The molecule has 0 aromatic carbocycles. The number of carbonyl (C=O) groups is 1. The number of hydrogen-bond acceptors (Lipinski definition) is 3. The van der Waals surface area contributed by atoms with E-state index in [0.29, 0.717) is 5.92 Å². The molecule has 2 N–H and O–H groups in total. The van der Waals surface area contributed by atoms with Gasteiger partial charge in [-0.2, -0.15) is 0 Å². The van der Waals surface area contributed by atoms with Crippen molar-refractivity contribution in [2.24, 2.45) is 5.92 Å². The molecule has 4 heteroatoms. The topological polar surface area (TPSA) is 58.6 Å². The van der Waals surface area contributed by atoms with Gasteiger partial charge in [0.25, 0.3) is 0 Å². The first-order valence-corrected chi connectivity index (χ1v) is 5.79. The molecule has 1 rings (SSSR count). The van der Waals surface area contributed by atoms with Gasteiger partial charge in [0.1, 0.15) is 0 Å². The quantitative estimate of drug-likeness (QED) is 0.628. The van der Waals surface area contributed by atoms with Gasteiger partial charge in [0, 0.05) is 19.6 Å². The summed E-state index contributed by atoms with van der Waals surface area (Å²) in [5.74, 6) is -0.0473. The summed E-state index contributed by atoms with van der Waals surface area (Å²) in [6.07, 6.45) is 4.42. The van der Waals surface area contributed by atoms with Gasteiger partial charge in [-0.3, -0.25) is 4.79 Å². The number of carboxylic acids is 1. The van der Waals surface area contributed by atoms with Crippen LogP contribution in [0.15, 0.2) is 0 Å². The van der Waals surface area contributed by atoms with Crippen LogP contribution in [0, 0.1) is 5.92 Å². The van der Waals surface area contributed by atoms with Crippen LogP contribution in [0.25, 0.3) is 0 Å². The highest BCUT2D eigenvalue weighted by atomic mass is 16.5. The van der Waals surface area contributed by atoms with Crippen molar-refractivity contribution in [3.8, 4) is 0 Å². The number of aliphatic carboxylic acids is 1. The Kier molecular flexibility index (Phi) is 6.36. The first-order valence-electron chi connectivity index (χ1n) is 5.79. The van der Waals surface area contributed by atoms with Crippen LogP contribution in [0.1, 0.15) is 32.1 Å². The van der Waals surface area contributed by atoms with Crippen LogP contribution in [-0.2, 0) is 9.53 Å². The minimum absolute atomic E-state index is 0.286. The highest BCUT2D eigenvalue weighted by Gasteiger charge is 2.12. The molecule has 1 heterocycles. The first-order chi connectivity index (χ1) is 7.29. The molecule has 0 saturated carbocycles. The largest absolute Gasteiger partial charge is 0.481 e. The number of nitrogens with one attached hydrogen (secondary N) is 1. The van der Waals surface area contributed by atoms with E-state index < -0.39 is 5.97 Å². The molecule has 1 unspecified atom stereocenters. The van der Waals surface area contributed by atoms with Crippen molar-refractivity contribution in [2.45, 2.75) is 32.1 Å². The molecule has 0 aromatic rings. The normalized spacial score (nSPS) is 21.5. The molecule has 88 valence electrons. The second-order valence-corrected chi connectivity index (χ2v) is 4.14. The van der Waals surface area contributed by atoms with Crippen LogP contribution in [0.4, 0.5) is 0 Å². The maximum Gasteiger partial charge on any atom is 0.303 e. The van der Waals surface area contributed by atoms with E-state index in [2.05, 4.69) is 5.32 Å². The number of rotatable bonds is 7. The lowest BCUT2D eigenvalue weighted by Crippen LogP contribution is -2.29. The molecule has 1 atom stereocenters. The van der Waals surface area contributed by atoms with Gasteiger partial charge in [0.15, 0.2) is 0 Å². The Balaban J connectivity index is 1.85. The van der Waals surface area contributed by atoms with Gasteiger partial charge in [0.05, 0.1) is 6.61 Å². The summed E-state index contributed by atoms with van der Waals surface area (Å²) in [5.41, 5.74) is 0. The molecular formula is C11H21NO3. The van der Waals surface area contributed by atoms with E-state index in [-0.39, 0.29) is 6.42 Å². The third kappa shape index (κ3) is 6.47. The van der Waals surface area contributed by atoms with Gasteiger partial charge in [0.2, 0.25) is 0 Å². The fraction of sp³-hybridized carbons (Fsp3) is 0.909. The fourth-order valence-electron chi connectivity index (χ4n) is 1.80. The molecule has 0 radical (unpaired) electrons. The van der Waals surface area contributed by atoms with Crippen LogP contribution >= 0.6 is 0 Å². The highest BCUT2D eigenvalue weighted by Crippen LogP contribution is 2.11. The van der Waals surface area contributed by atoms with Crippen LogP contribution < -0.4 is 5.32 Å². The number of unbranched alkanes of at least 4 members (excludes halogenated alkanes) is 1. The van der Waals surface area contributed by atoms with Crippen molar-refractivity contribution in [1.29, 1.82) is 0 Å². The third-order valence-electron chi connectivity index (χ3n) is 2.68. The highest BCUT2D eigenvalue weighted by molar-refractivity contribution is 5.66. The van der Waals surface area contributed by atoms with Gasteiger partial charge in [-0.25, -0.2) is 0 Å². The molecule has 15 heavy (non-hydrogen) atoms. The van der Waals surface area contributed by atoms with Gasteiger partial charge in [-0.1, -0.05) is 0 Å². The van der Waals surface area contributed by atoms with Gasteiger partial charge >= 0.3 is 5.97 Å². The lowest BCUT2D eigenvalue weighted by atomic mass is 10.0. The van der Waals surface area contributed by atoms with Crippen molar-refractivity contribution < 1.29 is 14.6 Å². The predicted molar refractivity (Wildman–Crippen MR) is 57.9 cm³/mol. The van der Waals surface area contributed by atoms with E-state index in [1.807, 2.05) is 0 Å². The Hall–Kier alpha value is -0.610. The molecule has 1 fully saturated rings. The standard InChI is InChI=1S/C11H21NO3/c13-11(14)5-1-2-6-12-8-10-4-3-7-15-9-10/h10,12H,1-9H2,(H,13,14). The molecule has 0 aromatic heterocycles. The molecular weight excluding hydrogens is 194 g/mol. The Labute approximate surface area is 91.0 Å². The van der Waals surface area contributed by atoms with E-state index in [1.54, 1.807) is 0 Å². The minimum Gasteiger partial charge on any atom is -0.481 e. The zero-order valence-electron chi connectivity index (χ0n) is 9.21. The molecule has 1 aliphatic heterocycles. The summed E-state index contributed by atoms with van der Waals surface area (Å²) in [7, 11) is 0. The van der Waals surface area contributed by atoms with E-state index >= 15 is 0 Å². The Morgan fingerprint density at radius 1 is 1.47 bits per heavy atom. The summed E-state index contributed by atoms with van der Waals surface area (Å²) in [4.78, 5) is 10.2. The molecule has 0 spiro atoms. The van der Waals surface area contributed by atoms with Crippen molar-refractivity contribution in [2.75, 3.05) is 26.3 Å². The lowest BCUT2D eigenvalue weighted by Gasteiger charge is -2.22. The van der Waals surface area contributed by atoms with Gasteiger partial charge < -0.3 is 15.2 Å². The summed E-state index contributed by atoms with van der Waals surface area (Å²) >= 11 is 0. The Bertz CT molecular complexity index is 179. The molecule has 0 amide bonds. The summed E-state index contributed by atoms with van der Waals surface area (Å²) in [5, 5.41) is 11.8. The minimum atomic E-state index is -0.698. The second-order valence-electron chi connectivity index (χ2n) is 4.14. The van der Waals surface area contributed by atoms with Crippen LogP contribution in [0.5, 0.6) is 0 Å². The zero-order chi connectivity index (χ0) is 10.9.